The molecule has 3 aromatic rings. The van der Waals surface area contributed by atoms with Crippen LogP contribution in [0, 0.1) is 5.92 Å². The van der Waals surface area contributed by atoms with Crippen LogP contribution in [0.5, 0.6) is 0 Å². The molecule has 0 aliphatic carbocycles. The van der Waals surface area contributed by atoms with Gasteiger partial charge in [-0.3, -0.25) is 14.4 Å². The number of fused-ring (bicyclic) bond motifs is 2. The van der Waals surface area contributed by atoms with Gasteiger partial charge in [0.2, 0.25) is 11.8 Å². The summed E-state index contributed by atoms with van der Waals surface area (Å²) in [6, 6.07) is 22.9. The largest absolute Gasteiger partial charge is 0.432 e. The number of hydrogen-bond donors (Lipinski definition) is 2. The summed E-state index contributed by atoms with van der Waals surface area (Å²) in [6.45, 7) is 6.41. The Morgan fingerprint density at radius 3 is 2.50 bits per heavy atom. The number of anilines is 2. The van der Waals surface area contributed by atoms with Crippen LogP contribution in [0.2, 0.25) is 18.6 Å². The average Bonchev–Trinajstić information content (AvgIpc) is 3.76. The molecule has 1 spiro atoms. The number of nitrogens with zero attached hydrogens (tertiary/aromatic N) is 4. The van der Waals surface area contributed by atoms with Crippen molar-refractivity contribution in [1.29, 1.82) is 0 Å². The Morgan fingerprint density at radius 1 is 1.06 bits per heavy atom. The van der Waals surface area contributed by atoms with E-state index in [1.165, 1.54) is 5.01 Å². The lowest BCUT2D eigenvalue weighted by molar-refractivity contribution is -0.150. The van der Waals surface area contributed by atoms with Crippen LogP contribution in [0.3, 0.4) is 0 Å². The molecule has 0 bridgehead atoms. The van der Waals surface area contributed by atoms with E-state index >= 15 is 0 Å². The first-order chi connectivity index (χ1) is 23.9. The summed E-state index contributed by atoms with van der Waals surface area (Å²) in [5.41, 5.74) is 3.03. The lowest BCUT2D eigenvalue weighted by Crippen LogP contribution is -2.46. The first-order valence-corrected chi connectivity index (χ1v) is 21.2. The van der Waals surface area contributed by atoms with E-state index in [4.69, 9.17) is 4.74 Å². The molecular formula is C38H43BrN4O6Si. The summed E-state index contributed by atoms with van der Waals surface area (Å²) in [4.78, 5) is 56.4. The molecule has 4 aliphatic rings. The van der Waals surface area contributed by atoms with Gasteiger partial charge in [0, 0.05) is 40.9 Å². The number of hydrazone groups is 1. The van der Waals surface area contributed by atoms with Crippen molar-refractivity contribution >= 4 is 59.1 Å². The third kappa shape index (κ3) is 6.04. The summed E-state index contributed by atoms with van der Waals surface area (Å²) in [5, 5.41) is 16.0. The molecular weight excluding hydrogens is 716 g/mol. The fraction of sp³-hybridized carbons (Fsp3) is 0.421. The van der Waals surface area contributed by atoms with Gasteiger partial charge in [-0.25, -0.2) is 5.01 Å². The summed E-state index contributed by atoms with van der Waals surface area (Å²) in [7, 11) is -2.96. The summed E-state index contributed by atoms with van der Waals surface area (Å²) < 4.78 is 7.67. The molecule has 4 aliphatic heterocycles. The quantitative estimate of drug-likeness (QED) is 0.285. The van der Waals surface area contributed by atoms with Crippen LogP contribution in [0.15, 0.2) is 82.4 Å². The second-order valence-electron chi connectivity index (χ2n) is 14.5. The van der Waals surface area contributed by atoms with Crippen molar-refractivity contribution in [3.63, 3.8) is 0 Å². The monoisotopic (exact) mass is 758 g/mol. The van der Waals surface area contributed by atoms with E-state index in [0.29, 0.717) is 25.1 Å². The molecule has 2 fully saturated rings. The standard InChI is InChI=1S/C38H43BrN4O6Si/c1-24-36(50(2,3)48)33(21-35(46)41-19-7-10-29(41)23-44)49-38(24)30-20-27(39)13-17-32(30)42(37(38)47)22-25-11-14-28(15-12-25)43-34(45)18-16-31(40-43)26-8-5-4-6-9-26/h4-6,8-9,11-15,17,20,24,29,33,36,44,48H,7,10,16,18-19,21-23H2,1-3H3/t24-,29-,33+,36-,38+/m0/s1. The fourth-order valence-electron chi connectivity index (χ4n) is 8.57. The van der Waals surface area contributed by atoms with Gasteiger partial charge in [0.15, 0.2) is 13.9 Å². The molecule has 2 N–H and O–H groups in total. The maximum Gasteiger partial charge on any atom is 0.264 e. The van der Waals surface area contributed by atoms with Crippen LogP contribution in [0.25, 0.3) is 0 Å². The van der Waals surface area contributed by atoms with Crippen molar-refractivity contribution in [3.05, 3.63) is 94.0 Å². The maximum absolute atomic E-state index is 14.8. The Labute approximate surface area is 302 Å². The molecule has 10 nitrogen and oxygen atoms in total. The Bertz CT molecular complexity index is 1830. The summed E-state index contributed by atoms with van der Waals surface area (Å²) in [6.07, 6.45) is 1.90. The lowest BCUT2D eigenvalue weighted by Gasteiger charge is -2.33. The molecule has 5 atom stereocenters. The third-order valence-electron chi connectivity index (χ3n) is 10.9. The first kappa shape index (κ1) is 34.8. The molecule has 50 heavy (non-hydrogen) atoms. The Balaban J connectivity index is 1.17. The van der Waals surface area contributed by atoms with Crippen molar-refractivity contribution in [1.82, 2.24) is 4.90 Å². The summed E-state index contributed by atoms with van der Waals surface area (Å²) in [5.74, 6) is -0.828. The molecule has 0 saturated carbocycles. The fourth-order valence-corrected chi connectivity index (χ4v) is 11.5. The highest BCUT2D eigenvalue weighted by molar-refractivity contribution is 9.10. The van der Waals surface area contributed by atoms with E-state index in [9.17, 15) is 24.3 Å². The average molecular weight is 760 g/mol. The first-order valence-electron chi connectivity index (χ1n) is 17.4. The van der Waals surface area contributed by atoms with Gasteiger partial charge in [0.1, 0.15) is 0 Å². The maximum atomic E-state index is 14.8. The number of rotatable bonds is 8. The molecule has 3 amide bonds. The molecule has 7 rings (SSSR count). The second-order valence-corrected chi connectivity index (χ2v) is 19.4. The highest BCUT2D eigenvalue weighted by atomic mass is 79.9. The van der Waals surface area contributed by atoms with Crippen molar-refractivity contribution in [3.8, 4) is 0 Å². The van der Waals surface area contributed by atoms with Gasteiger partial charge in [-0.1, -0.05) is 65.3 Å². The number of benzene rings is 3. The van der Waals surface area contributed by atoms with Crippen molar-refractivity contribution < 1.29 is 29.0 Å². The topological polar surface area (TPSA) is 123 Å². The predicted molar refractivity (Wildman–Crippen MR) is 197 cm³/mol. The number of halogens is 1. The minimum atomic E-state index is -2.96. The van der Waals surface area contributed by atoms with E-state index in [1.807, 2.05) is 92.8 Å². The van der Waals surface area contributed by atoms with Crippen LogP contribution in [-0.2, 0) is 31.3 Å². The number of aliphatic hydroxyl groups excluding tert-OH is 1. The second kappa shape index (κ2) is 13.5. The van der Waals surface area contributed by atoms with Crippen LogP contribution in [0.4, 0.5) is 11.4 Å². The number of carbonyl (C=O) groups is 3. The van der Waals surface area contributed by atoms with Gasteiger partial charge in [0.25, 0.3) is 5.91 Å². The van der Waals surface area contributed by atoms with Gasteiger partial charge >= 0.3 is 0 Å². The predicted octanol–water partition coefficient (Wildman–Crippen LogP) is 5.70. The lowest BCUT2D eigenvalue weighted by atomic mass is 9.82. The van der Waals surface area contributed by atoms with Gasteiger partial charge in [-0.15, -0.1) is 0 Å². The number of ether oxygens (including phenoxy) is 1. The van der Waals surface area contributed by atoms with Crippen molar-refractivity contribution in [2.75, 3.05) is 23.1 Å². The Morgan fingerprint density at radius 2 is 1.80 bits per heavy atom. The number of amides is 3. The molecule has 0 aromatic heterocycles. The smallest absolute Gasteiger partial charge is 0.264 e. The van der Waals surface area contributed by atoms with Gasteiger partial charge in [-0.2, -0.15) is 5.10 Å². The number of aliphatic hydroxyl groups is 1. The molecule has 3 aromatic carbocycles. The van der Waals surface area contributed by atoms with Crippen LogP contribution in [-0.4, -0.2) is 71.9 Å². The highest BCUT2D eigenvalue weighted by Crippen LogP contribution is 2.60. The van der Waals surface area contributed by atoms with E-state index in [2.05, 4.69) is 21.0 Å². The molecule has 0 radical (unpaired) electrons. The van der Waals surface area contributed by atoms with E-state index in [0.717, 1.165) is 45.4 Å². The van der Waals surface area contributed by atoms with E-state index < -0.39 is 25.9 Å². The van der Waals surface area contributed by atoms with Gasteiger partial charge in [0.05, 0.1) is 48.8 Å². The third-order valence-corrected chi connectivity index (χ3v) is 13.9. The molecule has 262 valence electrons. The van der Waals surface area contributed by atoms with Crippen molar-refractivity contribution in [2.24, 2.45) is 11.0 Å². The Kier molecular flexibility index (Phi) is 9.35. The van der Waals surface area contributed by atoms with E-state index in [1.54, 1.807) is 9.80 Å². The van der Waals surface area contributed by atoms with Crippen LogP contribution >= 0.6 is 15.9 Å². The van der Waals surface area contributed by atoms with Crippen molar-refractivity contribution in [2.45, 2.75) is 82.0 Å². The molecule has 2 saturated heterocycles. The number of hydrogen-bond acceptors (Lipinski definition) is 7. The minimum Gasteiger partial charge on any atom is -0.432 e. The summed E-state index contributed by atoms with van der Waals surface area (Å²) >= 11 is 3.61. The van der Waals surface area contributed by atoms with Gasteiger partial charge in [-0.05, 0) is 67.4 Å². The SMILES string of the molecule is C[C@H]1[C@H]([Si](C)(C)O)[C@@H](CC(=O)N2CCC[C@H]2CO)O[C@]12C(=O)N(Cc1ccc(N3N=C(c4ccccc4)CCC3=O)cc1)c1ccc(Br)cc12. The van der Waals surface area contributed by atoms with Gasteiger partial charge < -0.3 is 24.4 Å². The molecule has 12 heteroatoms. The normalized spacial score (nSPS) is 26.6. The van der Waals surface area contributed by atoms with Crippen LogP contribution in [0.1, 0.15) is 55.7 Å². The Hall–Kier alpha value is -3.68. The minimum absolute atomic E-state index is 0.0337. The molecule has 4 heterocycles. The number of likely N-dealkylation sites (tertiary alicyclic amines) is 1. The zero-order valence-corrected chi connectivity index (χ0v) is 31.2. The number of carbonyl (C=O) groups excluding carboxylic acids is 3. The zero-order valence-electron chi connectivity index (χ0n) is 28.6. The van der Waals surface area contributed by atoms with E-state index in [-0.39, 0.29) is 48.9 Å². The zero-order chi connectivity index (χ0) is 35.4. The highest BCUT2D eigenvalue weighted by Gasteiger charge is 2.66. The van der Waals surface area contributed by atoms with Crippen LogP contribution < -0.4 is 9.91 Å². The molecule has 0 unspecified atom stereocenters.